The second-order valence-electron chi connectivity index (χ2n) is 5.50. The number of nitrogens with zero attached hydrogens (tertiary/aromatic N) is 2. The Morgan fingerprint density at radius 1 is 1.18 bits per heavy atom. The standard InChI is InChI=1S/C15H22N2O3S2/c1-16(2)22(19,20)12-7-8-14(21-3)13(11-12)15(18)17-9-5-4-6-10-17/h7-8,11H,4-6,9-10H2,1-3H3. The van der Waals surface area contributed by atoms with Crippen molar-refractivity contribution in [2.24, 2.45) is 0 Å². The number of carbonyl (C=O) groups is 1. The minimum Gasteiger partial charge on any atom is -0.339 e. The fourth-order valence-corrected chi connectivity index (χ4v) is 3.99. The zero-order chi connectivity index (χ0) is 16.3. The zero-order valence-electron chi connectivity index (χ0n) is 13.2. The van der Waals surface area contributed by atoms with Gasteiger partial charge in [-0.2, -0.15) is 0 Å². The SMILES string of the molecule is CSc1ccc(S(=O)(=O)N(C)C)cc1C(=O)N1CCCCC1. The van der Waals surface area contributed by atoms with Crippen molar-refractivity contribution in [1.29, 1.82) is 0 Å². The number of thioether (sulfide) groups is 1. The lowest BCUT2D eigenvalue weighted by Crippen LogP contribution is -2.36. The predicted octanol–water partition coefficient (Wildman–Crippen LogP) is 2.28. The van der Waals surface area contributed by atoms with Gasteiger partial charge in [-0.25, -0.2) is 12.7 Å². The number of piperidine rings is 1. The smallest absolute Gasteiger partial charge is 0.255 e. The Hall–Kier alpha value is -1.05. The van der Waals surface area contributed by atoms with Gasteiger partial charge in [-0.3, -0.25) is 4.79 Å². The summed E-state index contributed by atoms with van der Waals surface area (Å²) in [7, 11) is -0.555. The third-order valence-electron chi connectivity index (χ3n) is 3.82. The summed E-state index contributed by atoms with van der Waals surface area (Å²) in [6.45, 7) is 1.49. The fraction of sp³-hybridized carbons (Fsp3) is 0.533. The van der Waals surface area contributed by atoms with E-state index < -0.39 is 10.0 Å². The van der Waals surface area contributed by atoms with Crippen LogP contribution >= 0.6 is 11.8 Å². The number of likely N-dealkylation sites (tertiary alicyclic amines) is 1. The van der Waals surface area contributed by atoms with Crippen molar-refractivity contribution in [2.75, 3.05) is 33.4 Å². The van der Waals surface area contributed by atoms with Crippen molar-refractivity contribution in [3.63, 3.8) is 0 Å². The molecule has 0 N–H and O–H groups in total. The van der Waals surface area contributed by atoms with Gasteiger partial charge in [0.1, 0.15) is 0 Å². The molecule has 22 heavy (non-hydrogen) atoms. The molecule has 1 fully saturated rings. The minimum absolute atomic E-state index is 0.0696. The van der Waals surface area contributed by atoms with Crippen LogP contribution in [0.1, 0.15) is 29.6 Å². The summed E-state index contributed by atoms with van der Waals surface area (Å²) in [4.78, 5) is 15.5. The molecular weight excluding hydrogens is 320 g/mol. The molecule has 1 saturated heterocycles. The van der Waals surface area contributed by atoms with Crippen LogP contribution in [0.2, 0.25) is 0 Å². The predicted molar refractivity (Wildman–Crippen MR) is 88.9 cm³/mol. The van der Waals surface area contributed by atoms with Crippen molar-refractivity contribution in [1.82, 2.24) is 9.21 Å². The van der Waals surface area contributed by atoms with Gasteiger partial charge in [-0.05, 0) is 43.7 Å². The summed E-state index contributed by atoms with van der Waals surface area (Å²) >= 11 is 1.46. The summed E-state index contributed by atoms with van der Waals surface area (Å²) < 4.78 is 25.7. The number of benzene rings is 1. The molecule has 1 heterocycles. The molecule has 1 aromatic carbocycles. The molecule has 5 nitrogen and oxygen atoms in total. The molecule has 0 unspecified atom stereocenters. The highest BCUT2D eigenvalue weighted by Crippen LogP contribution is 2.27. The number of carbonyl (C=O) groups excluding carboxylic acids is 1. The lowest BCUT2D eigenvalue weighted by molar-refractivity contribution is 0.0720. The Morgan fingerprint density at radius 3 is 2.36 bits per heavy atom. The third kappa shape index (κ3) is 3.47. The first-order valence-corrected chi connectivity index (χ1v) is 9.94. The first kappa shape index (κ1) is 17.3. The quantitative estimate of drug-likeness (QED) is 0.788. The molecule has 0 spiro atoms. The van der Waals surface area contributed by atoms with E-state index in [1.165, 1.54) is 31.9 Å². The number of amides is 1. The van der Waals surface area contributed by atoms with E-state index in [1.807, 2.05) is 11.2 Å². The van der Waals surface area contributed by atoms with Crippen molar-refractivity contribution in [3.05, 3.63) is 23.8 Å². The second-order valence-corrected chi connectivity index (χ2v) is 8.50. The molecule has 0 saturated carbocycles. The van der Waals surface area contributed by atoms with Crippen LogP contribution in [-0.2, 0) is 10.0 Å². The van der Waals surface area contributed by atoms with Crippen LogP contribution < -0.4 is 0 Å². The molecule has 1 aliphatic rings. The summed E-state index contributed by atoms with van der Waals surface area (Å²) in [5.41, 5.74) is 0.484. The molecule has 2 rings (SSSR count). The lowest BCUT2D eigenvalue weighted by atomic mass is 10.1. The van der Waals surface area contributed by atoms with E-state index in [0.29, 0.717) is 5.56 Å². The van der Waals surface area contributed by atoms with E-state index >= 15 is 0 Å². The van der Waals surface area contributed by atoms with Crippen LogP contribution in [0.15, 0.2) is 28.0 Å². The van der Waals surface area contributed by atoms with E-state index in [9.17, 15) is 13.2 Å². The minimum atomic E-state index is -3.54. The van der Waals surface area contributed by atoms with Crippen LogP contribution in [0.3, 0.4) is 0 Å². The van der Waals surface area contributed by atoms with E-state index in [-0.39, 0.29) is 10.8 Å². The maximum atomic E-state index is 12.7. The summed E-state index contributed by atoms with van der Waals surface area (Å²) in [6.07, 6.45) is 5.06. The molecule has 0 radical (unpaired) electrons. The molecular formula is C15H22N2O3S2. The van der Waals surface area contributed by atoms with Gasteiger partial charge in [-0.1, -0.05) is 0 Å². The molecule has 122 valence electrons. The highest BCUT2D eigenvalue weighted by molar-refractivity contribution is 7.98. The maximum Gasteiger partial charge on any atom is 0.255 e. The first-order chi connectivity index (χ1) is 10.4. The Bertz CT molecular complexity index is 651. The molecule has 0 bridgehead atoms. The molecule has 0 atom stereocenters. The maximum absolute atomic E-state index is 12.7. The number of hydrogen-bond acceptors (Lipinski definition) is 4. The largest absolute Gasteiger partial charge is 0.339 e. The Balaban J connectivity index is 2.42. The summed E-state index contributed by atoms with van der Waals surface area (Å²) in [5, 5.41) is 0. The zero-order valence-corrected chi connectivity index (χ0v) is 14.8. The normalized spacial score (nSPS) is 16.1. The second kappa shape index (κ2) is 7.02. The van der Waals surface area contributed by atoms with Crippen molar-refractivity contribution in [3.8, 4) is 0 Å². The molecule has 1 aromatic rings. The molecule has 0 aromatic heterocycles. The first-order valence-electron chi connectivity index (χ1n) is 7.28. The molecule has 7 heteroatoms. The van der Waals surface area contributed by atoms with E-state index in [2.05, 4.69) is 0 Å². The average Bonchev–Trinajstić information content (AvgIpc) is 2.54. The average molecular weight is 342 g/mol. The Labute approximate surface area is 136 Å². The highest BCUT2D eigenvalue weighted by atomic mass is 32.2. The third-order valence-corrected chi connectivity index (χ3v) is 6.43. The summed E-state index contributed by atoms with van der Waals surface area (Å²) in [5.74, 6) is -0.0696. The fourth-order valence-electron chi connectivity index (χ4n) is 2.49. The molecule has 0 aliphatic carbocycles. The van der Waals surface area contributed by atoms with E-state index in [4.69, 9.17) is 0 Å². The monoisotopic (exact) mass is 342 g/mol. The number of rotatable bonds is 4. The van der Waals surface area contributed by atoms with Gasteiger partial charge in [-0.15, -0.1) is 11.8 Å². The van der Waals surface area contributed by atoms with Gasteiger partial charge in [0, 0.05) is 32.1 Å². The van der Waals surface area contributed by atoms with Gasteiger partial charge in [0.15, 0.2) is 0 Å². The van der Waals surface area contributed by atoms with Crippen molar-refractivity contribution in [2.45, 2.75) is 29.1 Å². The van der Waals surface area contributed by atoms with Crippen LogP contribution in [0.25, 0.3) is 0 Å². The van der Waals surface area contributed by atoms with Crippen LogP contribution in [0, 0.1) is 0 Å². The Kier molecular flexibility index (Phi) is 5.52. The van der Waals surface area contributed by atoms with Crippen LogP contribution in [0.4, 0.5) is 0 Å². The molecule has 1 amide bonds. The summed E-state index contributed by atoms with van der Waals surface area (Å²) in [6, 6.07) is 4.80. The number of sulfonamides is 1. The lowest BCUT2D eigenvalue weighted by Gasteiger charge is -2.27. The number of hydrogen-bond donors (Lipinski definition) is 0. The Morgan fingerprint density at radius 2 is 1.82 bits per heavy atom. The topological polar surface area (TPSA) is 57.7 Å². The van der Waals surface area contributed by atoms with E-state index in [0.717, 1.165) is 41.6 Å². The van der Waals surface area contributed by atoms with Crippen molar-refractivity contribution < 1.29 is 13.2 Å². The van der Waals surface area contributed by atoms with E-state index in [1.54, 1.807) is 12.1 Å². The van der Waals surface area contributed by atoms with Crippen LogP contribution in [0.5, 0.6) is 0 Å². The van der Waals surface area contributed by atoms with Gasteiger partial charge in [0.25, 0.3) is 5.91 Å². The highest BCUT2D eigenvalue weighted by Gasteiger charge is 2.24. The van der Waals surface area contributed by atoms with Crippen LogP contribution in [-0.4, -0.2) is 57.0 Å². The van der Waals surface area contributed by atoms with Gasteiger partial charge in [0.2, 0.25) is 10.0 Å². The van der Waals surface area contributed by atoms with Gasteiger partial charge >= 0.3 is 0 Å². The van der Waals surface area contributed by atoms with Crippen molar-refractivity contribution >= 4 is 27.7 Å². The van der Waals surface area contributed by atoms with Gasteiger partial charge in [0.05, 0.1) is 10.5 Å². The van der Waals surface area contributed by atoms with Gasteiger partial charge < -0.3 is 4.90 Å². The molecule has 1 aliphatic heterocycles.